The Morgan fingerprint density at radius 3 is 2.53 bits per heavy atom. The molecule has 0 unspecified atom stereocenters. The molecule has 5 heteroatoms. The molecule has 4 rings (SSSR count). The molecular weight excluding hydrogens is 398 g/mol. The highest BCUT2D eigenvalue weighted by Gasteiger charge is 2.12. The number of aromatic nitrogens is 2. The molecule has 4 aromatic rings. The molecule has 5 nitrogen and oxygen atoms in total. The van der Waals surface area contributed by atoms with Crippen molar-refractivity contribution in [1.29, 1.82) is 0 Å². The number of ether oxygens (including phenoxy) is 1. The van der Waals surface area contributed by atoms with E-state index in [0.717, 1.165) is 47.6 Å². The zero-order valence-electron chi connectivity index (χ0n) is 18.7. The standard InChI is InChI=1S/C27H29N3O2/c1-20-8-3-4-9-22(20)19-30-25-11-6-5-10-24(25)29-26(30)12-7-17-28-27(31)18-21-13-15-23(32-2)16-14-21/h3-6,8-11,13-16H,7,12,17-19H2,1-2H3,(H,28,31). The van der Waals surface area contributed by atoms with Crippen molar-refractivity contribution >= 4 is 16.9 Å². The minimum atomic E-state index is 0.0311. The highest BCUT2D eigenvalue weighted by molar-refractivity contribution is 5.78. The molecule has 0 saturated carbocycles. The molecule has 0 aliphatic heterocycles. The lowest BCUT2D eigenvalue weighted by Gasteiger charge is -2.12. The first-order chi connectivity index (χ1) is 15.6. The first kappa shape index (κ1) is 21.6. The number of hydrogen-bond donors (Lipinski definition) is 1. The van der Waals surface area contributed by atoms with Gasteiger partial charge in [-0.3, -0.25) is 4.79 Å². The molecular formula is C27H29N3O2. The van der Waals surface area contributed by atoms with Crippen LogP contribution >= 0.6 is 0 Å². The normalized spacial score (nSPS) is 10.9. The summed E-state index contributed by atoms with van der Waals surface area (Å²) in [7, 11) is 1.64. The molecule has 1 aromatic heterocycles. The Hall–Kier alpha value is -3.60. The first-order valence-electron chi connectivity index (χ1n) is 11.0. The second-order valence-corrected chi connectivity index (χ2v) is 8.01. The number of methoxy groups -OCH3 is 1. The van der Waals surface area contributed by atoms with E-state index in [0.29, 0.717) is 13.0 Å². The summed E-state index contributed by atoms with van der Waals surface area (Å²) in [4.78, 5) is 17.2. The monoisotopic (exact) mass is 427 g/mol. The van der Waals surface area contributed by atoms with Crippen LogP contribution in [0.25, 0.3) is 11.0 Å². The largest absolute Gasteiger partial charge is 0.497 e. The van der Waals surface area contributed by atoms with Crippen LogP contribution in [0.3, 0.4) is 0 Å². The Kier molecular flexibility index (Phi) is 6.85. The van der Waals surface area contributed by atoms with Gasteiger partial charge in [0, 0.05) is 19.5 Å². The van der Waals surface area contributed by atoms with Gasteiger partial charge in [-0.25, -0.2) is 4.98 Å². The van der Waals surface area contributed by atoms with Crippen molar-refractivity contribution in [1.82, 2.24) is 14.9 Å². The highest BCUT2D eigenvalue weighted by Crippen LogP contribution is 2.20. The number of aryl methyl sites for hydroxylation is 2. The van der Waals surface area contributed by atoms with Gasteiger partial charge < -0.3 is 14.6 Å². The molecule has 164 valence electrons. The molecule has 0 spiro atoms. The molecule has 0 bridgehead atoms. The number of amides is 1. The number of hydrogen-bond acceptors (Lipinski definition) is 3. The van der Waals surface area contributed by atoms with Crippen molar-refractivity contribution in [3.8, 4) is 5.75 Å². The summed E-state index contributed by atoms with van der Waals surface area (Å²) >= 11 is 0. The van der Waals surface area contributed by atoms with Crippen LogP contribution in [0.2, 0.25) is 0 Å². The molecule has 0 radical (unpaired) electrons. The predicted molar refractivity (Wildman–Crippen MR) is 128 cm³/mol. The minimum Gasteiger partial charge on any atom is -0.497 e. The molecule has 0 aliphatic carbocycles. The van der Waals surface area contributed by atoms with Gasteiger partial charge in [0.1, 0.15) is 11.6 Å². The van der Waals surface area contributed by atoms with Gasteiger partial charge in [0.2, 0.25) is 5.91 Å². The summed E-state index contributed by atoms with van der Waals surface area (Å²) in [5.74, 6) is 1.88. The molecule has 1 heterocycles. The molecule has 0 atom stereocenters. The smallest absolute Gasteiger partial charge is 0.224 e. The van der Waals surface area contributed by atoms with Gasteiger partial charge >= 0.3 is 0 Å². The van der Waals surface area contributed by atoms with Gasteiger partial charge in [-0.1, -0.05) is 48.5 Å². The second kappa shape index (κ2) is 10.1. The maximum Gasteiger partial charge on any atom is 0.224 e. The number of fused-ring (bicyclic) bond motifs is 1. The van der Waals surface area contributed by atoms with Crippen molar-refractivity contribution in [3.05, 3.63) is 95.3 Å². The Bertz CT molecular complexity index is 1200. The fourth-order valence-corrected chi connectivity index (χ4v) is 3.92. The van der Waals surface area contributed by atoms with Gasteiger partial charge in [0.15, 0.2) is 0 Å². The summed E-state index contributed by atoms with van der Waals surface area (Å²) in [5.41, 5.74) is 5.71. The summed E-state index contributed by atoms with van der Waals surface area (Å²) < 4.78 is 7.46. The van der Waals surface area contributed by atoms with Crippen molar-refractivity contribution in [3.63, 3.8) is 0 Å². The van der Waals surface area contributed by atoms with E-state index in [1.54, 1.807) is 7.11 Å². The van der Waals surface area contributed by atoms with E-state index >= 15 is 0 Å². The fraction of sp³-hybridized carbons (Fsp3) is 0.259. The Morgan fingerprint density at radius 2 is 1.75 bits per heavy atom. The topological polar surface area (TPSA) is 56.1 Å². The number of para-hydroxylation sites is 2. The average Bonchev–Trinajstić information content (AvgIpc) is 3.16. The second-order valence-electron chi connectivity index (χ2n) is 8.01. The van der Waals surface area contributed by atoms with Crippen LogP contribution in [0, 0.1) is 6.92 Å². The van der Waals surface area contributed by atoms with E-state index < -0.39 is 0 Å². The summed E-state index contributed by atoms with van der Waals surface area (Å²) in [6, 6.07) is 24.3. The number of imidazole rings is 1. The SMILES string of the molecule is COc1ccc(CC(=O)NCCCc2nc3ccccc3n2Cc2ccccc2C)cc1. The van der Waals surface area contributed by atoms with E-state index in [1.807, 2.05) is 30.3 Å². The Morgan fingerprint density at radius 1 is 1.00 bits per heavy atom. The number of benzene rings is 3. The quantitative estimate of drug-likeness (QED) is 0.394. The average molecular weight is 428 g/mol. The van der Waals surface area contributed by atoms with E-state index in [1.165, 1.54) is 11.1 Å². The van der Waals surface area contributed by atoms with Crippen molar-refractivity contribution < 1.29 is 9.53 Å². The lowest BCUT2D eigenvalue weighted by molar-refractivity contribution is -0.120. The molecule has 0 saturated heterocycles. The molecule has 0 aliphatic rings. The molecule has 3 aromatic carbocycles. The summed E-state index contributed by atoms with van der Waals surface area (Å²) in [5, 5.41) is 3.03. The number of carbonyl (C=O) groups is 1. The third-order valence-electron chi connectivity index (χ3n) is 5.75. The lowest BCUT2D eigenvalue weighted by atomic mass is 10.1. The van der Waals surface area contributed by atoms with Crippen LogP contribution in [0.15, 0.2) is 72.8 Å². The molecule has 32 heavy (non-hydrogen) atoms. The van der Waals surface area contributed by atoms with Crippen LogP contribution in [0.1, 0.15) is 28.9 Å². The van der Waals surface area contributed by atoms with Crippen LogP contribution in [-0.2, 0) is 24.2 Å². The van der Waals surface area contributed by atoms with Crippen molar-refractivity contribution in [2.75, 3.05) is 13.7 Å². The highest BCUT2D eigenvalue weighted by atomic mass is 16.5. The van der Waals surface area contributed by atoms with Crippen LogP contribution in [0.5, 0.6) is 5.75 Å². The maximum absolute atomic E-state index is 12.3. The van der Waals surface area contributed by atoms with Crippen LogP contribution in [0.4, 0.5) is 0 Å². The number of rotatable bonds is 9. The Labute approximate surface area is 189 Å². The first-order valence-corrected chi connectivity index (χ1v) is 11.0. The maximum atomic E-state index is 12.3. The zero-order chi connectivity index (χ0) is 22.3. The van der Waals surface area contributed by atoms with Crippen LogP contribution < -0.4 is 10.1 Å². The van der Waals surface area contributed by atoms with E-state index in [2.05, 4.69) is 59.3 Å². The van der Waals surface area contributed by atoms with Gasteiger partial charge in [-0.15, -0.1) is 0 Å². The molecule has 1 amide bonds. The number of carbonyl (C=O) groups excluding carboxylic acids is 1. The lowest BCUT2D eigenvalue weighted by Crippen LogP contribution is -2.26. The minimum absolute atomic E-state index is 0.0311. The molecule has 0 fully saturated rings. The van der Waals surface area contributed by atoms with Crippen molar-refractivity contribution in [2.45, 2.75) is 32.7 Å². The third-order valence-corrected chi connectivity index (χ3v) is 5.75. The van der Waals surface area contributed by atoms with Crippen LogP contribution in [-0.4, -0.2) is 29.1 Å². The van der Waals surface area contributed by atoms with E-state index in [4.69, 9.17) is 9.72 Å². The van der Waals surface area contributed by atoms with Gasteiger partial charge in [0.05, 0.1) is 24.6 Å². The van der Waals surface area contributed by atoms with Gasteiger partial charge in [-0.05, 0) is 54.3 Å². The number of nitrogens with zero attached hydrogens (tertiary/aromatic N) is 2. The zero-order valence-corrected chi connectivity index (χ0v) is 18.7. The van der Waals surface area contributed by atoms with Gasteiger partial charge in [0.25, 0.3) is 0 Å². The summed E-state index contributed by atoms with van der Waals surface area (Å²) in [6.07, 6.45) is 2.02. The van der Waals surface area contributed by atoms with Crippen molar-refractivity contribution in [2.24, 2.45) is 0 Å². The van der Waals surface area contributed by atoms with E-state index in [9.17, 15) is 4.79 Å². The van der Waals surface area contributed by atoms with E-state index in [-0.39, 0.29) is 5.91 Å². The molecule has 1 N–H and O–H groups in total. The van der Waals surface area contributed by atoms with Gasteiger partial charge in [-0.2, -0.15) is 0 Å². The predicted octanol–water partition coefficient (Wildman–Crippen LogP) is 4.69. The Balaban J connectivity index is 1.37. The fourth-order valence-electron chi connectivity index (χ4n) is 3.92. The summed E-state index contributed by atoms with van der Waals surface area (Å²) in [6.45, 7) is 3.57. The third kappa shape index (κ3) is 5.17. The number of nitrogens with one attached hydrogen (secondary N) is 1.